The summed E-state index contributed by atoms with van der Waals surface area (Å²) in [7, 11) is 0. The van der Waals surface area contributed by atoms with E-state index in [9.17, 15) is 4.79 Å². The summed E-state index contributed by atoms with van der Waals surface area (Å²) in [5.74, 6) is -0.0400. The van der Waals surface area contributed by atoms with Crippen LogP contribution in [0.2, 0.25) is 0 Å². The Morgan fingerprint density at radius 1 is 1.38 bits per heavy atom. The smallest absolute Gasteiger partial charge is 0.253 e. The van der Waals surface area contributed by atoms with Crippen LogP contribution in [0, 0.1) is 0 Å². The van der Waals surface area contributed by atoms with Crippen molar-refractivity contribution in [1.29, 1.82) is 0 Å². The fourth-order valence-corrected chi connectivity index (χ4v) is 2.06. The lowest BCUT2D eigenvalue weighted by atomic mass is 10.2. The van der Waals surface area contributed by atoms with Crippen molar-refractivity contribution in [1.82, 2.24) is 9.72 Å². The van der Waals surface area contributed by atoms with Crippen molar-refractivity contribution in [3.8, 4) is 0 Å². The molecular weight excluding hydrogens is 224 g/mol. The zero-order valence-corrected chi connectivity index (χ0v) is 9.32. The van der Waals surface area contributed by atoms with E-state index in [0.717, 1.165) is 11.9 Å². The van der Waals surface area contributed by atoms with Crippen molar-refractivity contribution in [2.45, 2.75) is 17.8 Å². The highest BCUT2D eigenvalue weighted by Crippen LogP contribution is 2.28. The Morgan fingerprint density at radius 2 is 2.19 bits per heavy atom. The number of amides is 1. The van der Waals surface area contributed by atoms with Crippen LogP contribution < -0.4 is 5.32 Å². The first kappa shape index (κ1) is 9.73. The van der Waals surface area contributed by atoms with Crippen LogP contribution in [-0.4, -0.2) is 21.7 Å². The molecule has 1 amide bonds. The van der Waals surface area contributed by atoms with Crippen LogP contribution in [0.4, 0.5) is 0 Å². The van der Waals surface area contributed by atoms with Crippen LogP contribution in [0.5, 0.6) is 0 Å². The number of fused-ring (bicyclic) bond motifs is 1. The van der Waals surface area contributed by atoms with Crippen LogP contribution in [0.25, 0.3) is 5.52 Å². The second-order valence-corrected chi connectivity index (χ2v) is 4.61. The number of nitrogens with zero attached hydrogens (tertiary/aromatic N) is 1. The Labute approximate surface area is 98.0 Å². The van der Waals surface area contributed by atoms with E-state index in [1.165, 1.54) is 0 Å². The summed E-state index contributed by atoms with van der Waals surface area (Å²) >= 11 is 5.86. The van der Waals surface area contributed by atoms with Gasteiger partial charge in [-0.3, -0.25) is 4.79 Å². The molecule has 0 aromatic carbocycles. The molecule has 16 heavy (non-hydrogen) atoms. The molecule has 1 saturated carbocycles. The van der Waals surface area contributed by atoms with Crippen molar-refractivity contribution >= 4 is 23.0 Å². The second kappa shape index (κ2) is 3.52. The number of carbonyl (C=O) groups excluding carboxylic acids is 1. The monoisotopic (exact) mass is 234 g/mol. The van der Waals surface area contributed by atoms with Crippen LogP contribution in [-0.2, 0) is 0 Å². The molecule has 2 heterocycles. The van der Waals surface area contributed by atoms with E-state index < -0.39 is 0 Å². The van der Waals surface area contributed by atoms with Gasteiger partial charge in [-0.1, -0.05) is 6.07 Å². The Bertz CT molecular complexity index is 549. The fourth-order valence-electron chi connectivity index (χ4n) is 1.81. The van der Waals surface area contributed by atoms with Gasteiger partial charge in [0.15, 0.2) is 0 Å². The van der Waals surface area contributed by atoms with E-state index in [1.807, 2.05) is 41.1 Å². The predicted octanol–water partition coefficient (Wildman–Crippen LogP) is 2.05. The number of rotatable bonds is 2. The van der Waals surface area contributed by atoms with Gasteiger partial charge in [0.25, 0.3) is 5.91 Å². The Kier molecular flexibility index (Phi) is 2.14. The average Bonchev–Trinajstić information content (AvgIpc) is 2.82. The minimum Gasteiger partial charge on any atom is -0.348 e. The van der Waals surface area contributed by atoms with E-state index in [-0.39, 0.29) is 17.3 Å². The van der Waals surface area contributed by atoms with Gasteiger partial charge >= 0.3 is 0 Å². The standard InChI is InChI=1S/C12H11ClN2O/c13-9-7-10(9)14-12(16)8-4-6-15-5-2-1-3-11(8)15/h1-6,9-10H,7H2,(H,14,16). The summed E-state index contributed by atoms with van der Waals surface area (Å²) in [4.78, 5) is 11.9. The average molecular weight is 235 g/mol. The highest BCUT2D eigenvalue weighted by Gasteiger charge is 2.36. The van der Waals surface area contributed by atoms with Gasteiger partial charge in [0.1, 0.15) is 0 Å². The Hall–Kier alpha value is -1.48. The van der Waals surface area contributed by atoms with E-state index >= 15 is 0 Å². The fraction of sp³-hybridized carbons (Fsp3) is 0.250. The molecule has 2 aromatic rings. The lowest BCUT2D eigenvalue weighted by Crippen LogP contribution is -2.26. The summed E-state index contributed by atoms with van der Waals surface area (Å²) in [6, 6.07) is 7.77. The minimum absolute atomic E-state index is 0.0400. The molecule has 1 aliphatic carbocycles. The number of pyridine rings is 1. The summed E-state index contributed by atoms with van der Waals surface area (Å²) in [6.07, 6.45) is 4.68. The summed E-state index contributed by atoms with van der Waals surface area (Å²) in [6.45, 7) is 0. The molecular formula is C12H11ClN2O. The molecule has 0 radical (unpaired) electrons. The van der Waals surface area contributed by atoms with Gasteiger partial charge in [-0.2, -0.15) is 0 Å². The van der Waals surface area contributed by atoms with Crippen LogP contribution in [0.3, 0.4) is 0 Å². The number of nitrogens with one attached hydrogen (secondary N) is 1. The Balaban J connectivity index is 1.90. The lowest BCUT2D eigenvalue weighted by Gasteiger charge is -2.02. The van der Waals surface area contributed by atoms with Gasteiger partial charge in [-0.15, -0.1) is 11.6 Å². The molecule has 2 aromatic heterocycles. The molecule has 82 valence electrons. The number of aromatic nitrogens is 1. The van der Waals surface area contributed by atoms with Gasteiger partial charge in [0.2, 0.25) is 0 Å². The summed E-state index contributed by atoms with van der Waals surface area (Å²) in [5.41, 5.74) is 1.63. The quantitative estimate of drug-likeness (QED) is 0.793. The third-order valence-electron chi connectivity index (χ3n) is 2.84. The molecule has 0 saturated heterocycles. The zero-order valence-electron chi connectivity index (χ0n) is 8.56. The molecule has 1 fully saturated rings. The number of hydrogen-bond donors (Lipinski definition) is 1. The molecule has 3 rings (SSSR count). The van der Waals surface area contributed by atoms with Gasteiger partial charge in [0, 0.05) is 18.4 Å². The molecule has 0 bridgehead atoms. The van der Waals surface area contributed by atoms with Gasteiger partial charge in [-0.25, -0.2) is 0 Å². The van der Waals surface area contributed by atoms with Crippen molar-refractivity contribution in [3.05, 3.63) is 42.2 Å². The lowest BCUT2D eigenvalue weighted by molar-refractivity contribution is 0.0953. The Morgan fingerprint density at radius 3 is 2.94 bits per heavy atom. The molecule has 2 atom stereocenters. The number of carbonyl (C=O) groups is 1. The molecule has 4 heteroatoms. The van der Waals surface area contributed by atoms with E-state index in [1.54, 1.807) is 0 Å². The first-order chi connectivity index (χ1) is 7.75. The maximum absolute atomic E-state index is 11.9. The van der Waals surface area contributed by atoms with Crippen molar-refractivity contribution in [2.75, 3.05) is 0 Å². The van der Waals surface area contributed by atoms with Crippen molar-refractivity contribution in [2.24, 2.45) is 0 Å². The SMILES string of the molecule is O=C(NC1CC1Cl)c1ccn2ccccc12. The largest absolute Gasteiger partial charge is 0.348 e. The number of halogens is 1. The van der Waals surface area contributed by atoms with Gasteiger partial charge < -0.3 is 9.72 Å². The van der Waals surface area contributed by atoms with E-state index in [2.05, 4.69) is 5.32 Å². The second-order valence-electron chi connectivity index (χ2n) is 4.05. The molecule has 2 unspecified atom stereocenters. The minimum atomic E-state index is -0.0400. The number of hydrogen-bond acceptors (Lipinski definition) is 1. The highest BCUT2D eigenvalue weighted by molar-refractivity contribution is 6.23. The van der Waals surface area contributed by atoms with Crippen LogP contribution >= 0.6 is 11.6 Å². The summed E-state index contributed by atoms with van der Waals surface area (Å²) < 4.78 is 1.93. The molecule has 0 spiro atoms. The van der Waals surface area contributed by atoms with Crippen LogP contribution in [0.1, 0.15) is 16.8 Å². The van der Waals surface area contributed by atoms with E-state index in [4.69, 9.17) is 11.6 Å². The maximum atomic E-state index is 11.9. The zero-order chi connectivity index (χ0) is 11.1. The normalized spacial score (nSPS) is 23.3. The van der Waals surface area contributed by atoms with Gasteiger partial charge in [0.05, 0.1) is 16.5 Å². The van der Waals surface area contributed by atoms with Gasteiger partial charge in [-0.05, 0) is 24.6 Å². The van der Waals surface area contributed by atoms with Crippen LogP contribution in [0.15, 0.2) is 36.7 Å². The molecule has 1 N–H and O–H groups in total. The third kappa shape index (κ3) is 1.57. The highest BCUT2D eigenvalue weighted by atomic mass is 35.5. The van der Waals surface area contributed by atoms with Crippen molar-refractivity contribution < 1.29 is 4.79 Å². The van der Waals surface area contributed by atoms with E-state index in [0.29, 0.717) is 5.56 Å². The summed E-state index contributed by atoms with van der Waals surface area (Å²) in [5, 5.41) is 3.02. The molecule has 1 aliphatic rings. The maximum Gasteiger partial charge on any atom is 0.253 e. The first-order valence-corrected chi connectivity index (χ1v) is 5.70. The molecule has 0 aliphatic heterocycles. The predicted molar refractivity (Wildman–Crippen MR) is 62.9 cm³/mol. The molecule has 3 nitrogen and oxygen atoms in total. The topological polar surface area (TPSA) is 33.5 Å². The third-order valence-corrected chi connectivity index (χ3v) is 3.32. The number of alkyl halides is 1. The van der Waals surface area contributed by atoms with Crippen molar-refractivity contribution in [3.63, 3.8) is 0 Å². The first-order valence-electron chi connectivity index (χ1n) is 5.26.